The van der Waals surface area contributed by atoms with E-state index in [9.17, 15) is 0 Å². The molecule has 0 aliphatic carbocycles. The predicted octanol–water partition coefficient (Wildman–Crippen LogP) is 11.3. The predicted molar refractivity (Wildman–Crippen MR) is 136 cm³/mol. The molecule has 0 N–H and O–H groups in total. The van der Waals surface area contributed by atoms with Crippen LogP contribution in [0, 0.1) is 11.8 Å². The summed E-state index contributed by atoms with van der Waals surface area (Å²) in [4.78, 5) is 0. The first kappa shape index (κ1) is 29.0. The lowest BCUT2D eigenvalue weighted by molar-refractivity contribution is 0.391. The van der Waals surface area contributed by atoms with E-state index in [0.29, 0.717) is 0 Å². The fourth-order valence-corrected chi connectivity index (χ4v) is 4.71. The van der Waals surface area contributed by atoms with Gasteiger partial charge in [-0.15, -0.1) is 0 Å². The molecule has 0 aromatic heterocycles. The summed E-state index contributed by atoms with van der Waals surface area (Å²) in [5.41, 5.74) is 0. The lowest BCUT2D eigenvalue weighted by Crippen LogP contribution is -1.99. The summed E-state index contributed by atoms with van der Waals surface area (Å²) in [7, 11) is 0. The van der Waals surface area contributed by atoms with E-state index in [1.54, 1.807) is 0 Å². The van der Waals surface area contributed by atoms with Crippen LogP contribution in [0.5, 0.6) is 0 Å². The Labute approximate surface area is 187 Å². The van der Waals surface area contributed by atoms with Gasteiger partial charge in [-0.2, -0.15) is 0 Å². The van der Waals surface area contributed by atoms with Gasteiger partial charge in [0.25, 0.3) is 0 Å². The van der Waals surface area contributed by atoms with Gasteiger partial charge in [0.1, 0.15) is 0 Å². The van der Waals surface area contributed by atoms with E-state index >= 15 is 0 Å². The molecule has 0 aromatic rings. The van der Waals surface area contributed by atoms with E-state index in [0.717, 1.165) is 11.8 Å². The molecule has 0 saturated carbocycles. The van der Waals surface area contributed by atoms with Crippen LogP contribution in [-0.2, 0) is 0 Å². The van der Waals surface area contributed by atoms with Crippen molar-refractivity contribution in [3.05, 3.63) is 0 Å². The van der Waals surface area contributed by atoms with Gasteiger partial charge in [0.05, 0.1) is 0 Å². The Kier molecular flexibility index (Phi) is 24.3. The molecule has 0 amide bonds. The third-order valence-corrected chi connectivity index (χ3v) is 6.99. The van der Waals surface area contributed by atoms with Gasteiger partial charge in [0, 0.05) is 0 Å². The maximum atomic E-state index is 2.49. The number of hydrogen-bond donors (Lipinski definition) is 0. The summed E-state index contributed by atoms with van der Waals surface area (Å²) in [6.45, 7) is 9.58. The minimum atomic E-state index is 0.958. The average Bonchev–Trinajstić information content (AvgIpc) is 2.71. The van der Waals surface area contributed by atoms with Crippen molar-refractivity contribution < 1.29 is 0 Å². The van der Waals surface area contributed by atoms with Gasteiger partial charge in [-0.3, -0.25) is 0 Å². The molecule has 0 aliphatic rings. The fourth-order valence-electron chi connectivity index (χ4n) is 4.71. The highest BCUT2D eigenvalue weighted by molar-refractivity contribution is 4.59. The van der Waals surface area contributed by atoms with Crippen LogP contribution < -0.4 is 0 Å². The van der Waals surface area contributed by atoms with E-state index in [-0.39, 0.29) is 0 Å². The van der Waals surface area contributed by atoms with Crippen molar-refractivity contribution in [2.75, 3.05) is 0 Å². The number of rotatable bonds is 24. The zero-order chi connectivity index (χ0) is 21.4. The monoisotopic (exact) mass is 408 g/mol. The Morgan fingerprint density at radius 1 is 0.310 bits per heavy atom. The minimum Gasteiger partial charge on any atom is -0.0654 e. The molecule has 2 atom stereocenters. The van der Waals surface area contributed by atoms with Crippen LogP contribution in [0.3, 0.4) is 0 Å². The van der Waals surface area contributed by atoms with Crippen LogP contribution in [0.15, 0.2) is 0 Å². The van der Waals surface area contributed by atoms with E-state index in [1.165, 1.54) is 148 Å². The van der Waals surface area contributed by atoms with E-state index in [4.69, 9.17) is 0 Å². The van der Waals surface area contributed by atoms with Crippen molar-refractivity contribution >= 4 is 0 Å². The van der Waals surface area contributed by atoms with Gasteiger partial charge in [-0.1, -0.05) is 175 Å². The standard InChI is InChI=1S/C29H60/c1-5-7-9-11-12-13-14-15-16-17-18-19-20-22-25-29(4)27-23-26-28(3)24-21-10-8-6-2/h28-29H,5-27H2,1-4H3. The summed E-state index contributed by atoms with van der Waals surface area (Å²) in [5, 5.41) is 0. The molecule has 29 heavy (non-hydrogen) atoms. The molecule has 0 radical (unpaired) electrons. The highest BCUT2D eigenvalue weighted by atomic mass is 14.1. The first-order valence-electron chi connectivity index (χ1n) is 14.2. The third kappa shape index (κ3) is 24.1. The summed E-state index contributed by atoms with van der Waals surface area (Å²) in [6.07, 6.45) is 33.7. The Bertz CT molecular complexity index is 282. The Hall–Kier alpha value is 0. The first-order valence-corrected chi connectivity index (χ1v) is 14.2. The van der Waals surface area contributed by atoms with Crippen LogP contribution in [0.25, 0.3) is 0 Å². The molecule has 0 bridgehead atoms. The molecule has 0 heteroatoms. The van der Waals surface area contributed by atoms with Gasteiger partial charge in [0.15, 0.2) is 0 Å². The molecular weight excluding hydrogens is 348 g/mol. The lowest BCUT2D eigenvalue weighted by atomic mass is 9.92. The number of unbranched alkanes of at least 4 members (excludes halogenated alkanes) is 16. The average molecular weight is 409 g/mol. The van der Waals surface area contributed by atoms with Crippen LogP contribution >= 0.6 is 0 Å². The Morgan fingerprint density at radius 2 is 0.552 bits per heavy atom. The zero-order valence-corrected chi connectivity index (χ0v) is 21.4. The van der Waals surface area contributed by atoms with Gasteiger partial charge in [-0.05, 0) is 11.8 Å². The second-order valence-electron chi connectivity index (χ2n) is 10.4. The normalized spacial score (nSPS) is 13.7. The first-order chi connectivity index (χ1) is 14.2. The highest BCUT2D eigenvalue weighted by Gasteiger charge is 2.06. The SMILES string of the molecule is CCCCCCCCCCCCCCCCC(C)CCCC(C)CCCCCC. The van der Waals surface area contributed by atoms with E-state index in [1.807, 2.05) is 0 Å². The van der Waals surface area contributed by atoms with Gasteiger partial charge in [-0.25, -0.2) is 0 Å². The van der Waals surface area contributed by atoms with Crippen molar-refractivity contribution in [3.8, 4) is 0 Å². The largest absolute Gasteiger partial charge is 0.0654 e. The van der Waals surface area contributed by atoms with Crippen LogP contribution in [0.2, 0.25) is 0 Å². The maximum absolute atomic E-state index is 2.49. The molecule has 0 rings (SSSR count). The molecule has 0 spiro atoms. The quantitative estimate of drug-likeness (QED) is 0.139. The summed E-state index contributed by atoms with van der Waals surface area (Å²) < 4.78 is 0. The molecular formula is C29H60. The van der Waals surface area contributed by atoms with E-state index < -0.39 is 0 Å². The molecule has 176 valence electrons. The zero-order valence-electron chi connectivity index (χ0n) is 21.4. The molecule has 0 fully saturated rings. The smallest absolute Gasteiger partial charge is 0.0443 e. The molecule has 0 heterocycles. The molecule has 2 unspecified atom stereocenters. The summed E-state index contributed by atoms with van der Waals surface area (Å²) >= 11 is 0. The minimum absolute atomic E-state index is 0.958. The Balaban J connectivity index is 3.22. The van der Waals surface area contributed by atoms with Gasteiger partial charge >= 0.3 is 0 Å². The Morgan fingerprint density at radius 3 is 0.897 bits per heavy atom. The van der Waals surface area contributed by atoms with E-state index in [2.05, 4.69) is 27.7 Å². The summed E-state index contributed by atoms with van der Waals surface area (Å²) in [5.74, 6) is 1.92. The van der Waals surface area contributed by atoms with Crippen LogP contribution in [-0.4, -0.2) is 0 Å². The molecule has 0 aromatic carbocycles. The summed E-state index contributed by atoms with van der Waals surface area (Å²) in [6, 6.07) is 0. The highest BCUT2D eigenvalue weighted by Crippen LogP contribution is 2.21. The molecule has 0 saturated heterocycles. The topological polar surface area (TPSA) is 0 Å². The third-order valence-electron chi connectivity index (χ3n) is 6.99. The molecule has 0 aliphatic heterocycles. The fraction of sp³-hybridized carbons (Fsp3) is 1.00. The van der Waals surface area contributed by atoms with Gasteiger partial charge < -0.3 is 0 Å². The lowest BCUT2D eigenvalue weighted by Gasteiger charge is -2.14. The van der Waals surface area contributed by atoms with Crippen molar-refractivity contribution in [1.29, 1.82) is 0 Å². The number of hydrogen-bond acceptors (Lipinski definition) is 0. The molecule has 0 nitrogen and oxygen atoms in total. The second-order valence-corrected chi connectivity index (χ2v) is 10.4. The van der Waals surface area contributed by atoms with Crippen molar-refractivity contribution in [2.45, 2.75) is 175 Å². The van der Waals surface area contributed by atoms with Crippen molar-refractivity contribution in [3.63, 3.8) is 0 Å². The van der Waals surface area contributed by atoms with Crippen molar-refractivity contribution in [2.24, 2.45) is 11.8 Å². The van der Waals surface area contributed by atoms with Crippen LogP contribution in [0.4, 0.5) is 0 Å². The second kappa shape index (κ2) is 24.3. The van der Waals surface area contributed by atoms with Crippen LogP contribution in [0.1, 0.15) is 175 Å². The maximum Gasteiger partial charge on any atom is -0.0443 e. The van der Waals surface area contributed by atoms with Crippen molar-refractivity contribution in [1.82, 2.24) is 0 Å². The van der Waals surface area contributed by atoms with Gasteiger partial charge in [0.2, 0.25) is 0 Å².